The maximum Gasteiger partial charge on any atom is 0.121 e. The molecule has 0 aliphatic carbocycles. The van der Waals surface area contributed by atoms with Crippen LogP contribution in [0.5, 0.6) is 5.75 Å². The second-order valence-electron chi connectivity index (χ2n) is 5.70. The van der Waals surface area contributed by atoms with Crippen molar-refractivity contribution >= 4 is 16.6 Å². The van der Waals surface area contributed by atoms with Crippen LogP contribution in [0.1, 0.15) is 25.3 Å². The minimum Gasteiger partial charge on any atom is -0.497 e. The molecule has 1 aliphatic rings. The van der Waals surface area contributed by atoms with E-state index in [0.29, 0.717) is 5.92 Å². The molecule has 1 aromatic carbocycles. The second kappa shape index (κ2) is 5.90. The Bertz CT molecular complexity index is 634. The number of hydrogen-bond acceptors (Lipinski definition) is 4. The fourth-order valence-corrected chi connectivity index (χ4v) is 2.90. The summed E-state index contributed by atoms with van der Waals surface area (Å²) < 4.78 is 11.0. The minimum absolute atomic E-state index is 0.458. The zero-order valence-electron chi connectivity index (χ0n) is 12.9. The molecule has 2 aromatic rings. The van der Waals surface area contributed by atoms with Gasteiger partial charge < -0.3 is 14.4 Å². The Labute approximate surface area is 125 Å². The average Bonchev–Trinajstić information content (AvgIpc) is 2.53. The molecular weight excluding hydrogens is 264 g/mol. The second-order valence-corrected chi connectivity index (χ2v) is 5.70. The average molecular weight is 286 g/mol. The van der Waals surface area contributed by atoms with Crippen LogP contribution < -0.4 is 9.64 Å². The summed E-state index contributed by atoms with van der Waals surface area (Å²) in [5, 5.41) is 1.19. The molecule has 1 aromatic heterocycles. The summed E-state index contributed by atoms with van der Waals surface area (Å²) in [4.78, 5) is 6.98. The number of nitrogens with zero attached hydrogens (tertiary/aromatic N) is 2. The van der Waals surface area contributed by atoms with Gasteiger partial charge in [0.25, 0.3) is 0 Å². The van der Waals surface area contributed by atoms with Crippen molar-refractivity contribution in [3.8, 4) is 5.75 Å². The first kappa shape index (κ1) is 14.1. The van der Waals surface area contributed by atoms with Crippen LogP contribution >= 0.6 is 0 Å². The number of fused-ring (bicyclic) bond motifs is 1. The Morgan fingerprint density at radius 3 is 2.67 bits per heavy atom. The summed E-state index contributed by atoms with van der Waals surface area (Å²) in [7, 11) is 1.72. The van der Waals surface area contributed by atoms with E-state index < -0.39 is 0 Å². The first-order chi connectivity index (χ1) is 10.2. The minimum atomic E-state index is 0.458. The number of hydrogen-bond donors (Lipinski definition) is 0. The topological polar surface area (TPSA) is 34.6 Å². The maximum absolute atomic E-state index is 5.50. The summed E-state index contributed by atoms with van der Waals surface area (Å²) in [5.41, 5.74) is 3.52. The van der Waals surface area contributed by atoms with Crippen molar-refractivity contribution < 1.29 is 9.47 Å². The van der Waals surface area contributed by atoms with Gasteiger partial charge in [-0.05, 0) is 23.6 Å². The van der Waals surface area contributed by atoms with Gasteiger partial charge in [0.1, 0.15) is 5.75 Å². The molecule has 0 amide bonds. The fourth-order valence-electron chi connectivity index (χ4n) is 2.90. The Hall–Kier alpha value is -1.81. The molecule has 1 fully saturated rings. The van der Waals surface area contributed by atoms with E-state index in [1.165, 1.54) is 10.9 Å². The smallest absolute Gasteiger partial charge is 0.121 e. The molecule has 4 nitrogen and oxygen atoms in total. The van der Waals surface area contributed by atoms with Crippen LogP contribution in [0.15, 0.2) is 24.4 Å². The van der Waals surface area contributed by atoms with Crippen LogP contribution in [0.2, 0.25) is 0 Å². The maximum atomic E-state index is 5.50. The number of pyridine rings is 1. The van der Waals surface area contributed by atoms with Crippen molar-refractivity contribution in [3.05, 3.63) is 30.0 Å². The molecule has 112 valence electrons. The summed E-state index contributed by atoms with van der Waals surface area (Å²) in [6, 6.07) is 6.29. The van der Waals surface area contributed by atoms with E-state index in [0.717, 1.165) is 43.3 Å². The van der Waals surface area contributed by atoms with Gasteiger partial charge in [0.15, 0.2) is 0 Å². The van der Waals surface area contributed by atoms with E-state index >= 15 is 0 Å². The first-order valence-corrected chi connectivity index (χ1v) is 7.50. The van der Waals surface area contributed by atoms with Gasteiger partial charge in [-0.2, -0.15) is 0 Å². The van der Waals surface area contributed by atoms with Crippen LogP contribution in [0.4, 0.5) is 5.69 Å². The van der Waals surface area contributed by atoms with E-state index in [-0.39, 0.29) is 0 Å². The SMILES string of the molecule is COc1cc(N2CCOCC2)c2nccc(C(C)C)c2c1. The summed E-state index contributed by atoms with van der Waals surface area (Å²) >= 11 is 0. The molecule has 4 heteroatoms. The normalized spacial score (nSPS) is 15.7. The Morgan fingerprint density at radius 2 is 2.00 bits per heavy atom. The molecule has 2 heterocycles. The first-order valence-electron chi connectivity index (χ1n) is 7.50. The van der Waals surface area contributed by atoms with Gasteiger partial charge in [0.2, 0.25) is 0 Å². The molecule has 3 rings (SSSR count). The molecule has 0 unspecified atom stereocenters. The predicted molar refractivity (Wildman–Crippen MR) is 85.4 cm³/mol. The number of rotatable bonds is 3. The third-order valence-electron chi connectivity index (χ3n) is 4.04. The van der Waals surface area contributed by atoms with E-state index in [9.17, 15) is 0 Å². The zero-order valence-corrected chi connectivity index (χ0v) is 12.9. The number of morpholine rings is 1. The molecule has 0 atom stereocenters. The number of anilines is 1. The van der Waals surface area contributed by atoms with Crippen molar-refractivity contribution in [1.29, 1.82) is 0 Å². The molecule has 0 radical (unpaired) electrons. The van der Waals surface area contributed by atoms with Crippen LogP contribution in [0.3, 0.4) is 0 Å². The lowest BCUT2D eigenvalue weighted by Crippen LogP contribution is -2.36. The van der Waals surface area contributed by atoms with Crippen molar-refractivity contribution in [2.45, 2.75) is 19.8 Å². The fraction of sp³-hybridized carbons (Fsp3) is 0.471. The van der Waals surface area contributed by atoms with Gasteiger partial charge in [-0.15, -0.1) is 0 Å². The summed E-state index contributed by atoms with van der Waals surface area (Å²) in [6.45, 7) is 7.75. The van der Waals surface area contributed by atoms with Crippen LogP contribution in [-0.2, 0) is 4.74 Å². The zero-order chi connectivity index (χ0) is 14.8. The molecule has 21 heavy (non-hydrogen) atoms. The standard InChI is InChI=1S/C17H22N2O2/c1-12(2)14-4-5-18-17-15(14)10-13(20-3)11-16(17)19-6-8-21-9-7-19/h4-5,10-12H,6-9H2,1-3H3. The predicted octanol–water partition coefficient (Wildman–Crippen LogP) is 3.20. The Morgan fingerprint density at radius 1 is 1.24 bits per heavy atom. The van der Waals surface area contributed by atoms with Crippen molar-refractivity contribution in [1.82, 2.24) is 4.98 Å². The molecule has 0 bridgehead atoms. The van der Waals surface area contributed by atoms with Gasteiger partial charge in [-0.3, -0.25) is 4.98 Å². The summed E-state index contributed by atoms with van der Waals surface area (Å²) in [6.07, 6.45) is 1.91. The van der Waals surface area contributed by atoms with Crippen LogP contribution in [0, 0.1) is 0 Å². The largest absolute Gasteiger partial charge is 0.497 e. The molecule has 0 N–H and O–H groups in total. The highest BCUT2D eigenvalue weighted by Gasteiger charge is 2.18. The molecule has 1 saturated heterocycles. The van der Waals surface area contributed by atoms with Gasteiger partial charge in [0, 0.05) is 30.7 Å². The number of ether oxygens (including phenoxy) is 2. The van der Waals surface area contributed by atoms with E-state index in [2.05, 4.69) is 41.9 Å². The highest BCUT2D eigenvalue weighted by atomic mass is 16.5. The third kappa shape index (κ3) is 2.68. The van der Waals surface area contributed by atoms with Crippen LogP contribution in [0.25, 0.3) is 10.9 Å². The highest BCUT2D eigenvalue weighted by Crippen LogP contribution is 2.35. The van der Waals surface area contributed by atoms with E-state index in [4.69, 9.17) is 9.47 Å². The number of benzene rings is 1. The van der Waals surface area contributed by atoms with Gasteiger partial charge >= 0.3 is 0 Å². The summed E-state index contributed by atoms with van der Waals surface area (Å²) in [5.74, 6) is 1.35. The molecule has 1 aliphatic heterocycles. The number of aromatic nitrogens is 1. The molecule has 0 spiro atoms. The molecular formula is C17H22N2O2. The van der Waals surface area contributed by atoms with E-state index in [1.54, 1.807) is 7.11 Å². The van der Waals surface area contributed by atoms with Gasteiger partial charge in [-0.25, -0.2) is 0 Å². The monoisotopic (exact) mass is 286 g/mol. The molecule has 0 saturated carbocycles. The van der Waals surface area contributed by atoms with Crippen LogP contribution in [-0.4, -0.2) is 38.4 Å². The number of methoxy groups -OCH3 is 1. The van der Waals surface area contributed by atoms with Crippen molar-refractivity contribution in [2.24, 2.45) is 0 Å². The van der Waals surface area contributed by atoms with Gasteiger partial charge in [0.05, 0.1) is 31.5 Å². The Kier molecular flexibility index (Phi) is 3.97. The quantitative estimate of drug-likeness (QED) is 0.868. The van der Waals surface area contributed by atoms with E-state index in [1.807, 2.05) is 6.20 Å². The lowest BCUT2D eigenvalue weighted by molar-refractivity contribution is 0.123. The lowest BCUT2D eigenvalue weighted by atomic mass is 9.98. The Balaban J connectivity index is 2.20. The van der Waals surface area contributed by atoms with Gasteiger partial charge in [-0.1, -0.05) is 13.8 Å². The highest BCUT2D eigenvalue weighted by molar-refractivity contribution is 5.94. The van der Waals surface area contributed by atoms with Crippen molar-refractivity contribution in [3.63, 3.8) is 0 Å². The van der Waals surface area contributed by atoms with Crippen molar-refractivity contribution in [2.75, 3.05) is 38.3 Å². The lowest BCUT2D eigenvalue weighted by Gasteiger charge is -2.30. The third-order valence-corrected chi connectivity index (χ3v) is 4.04.